The molecule has 1 aliphatic heterocycles. The molecular weight excluding hydrogens is 370 g/mol. The number of amides is 1. The van der Waals surface area contributed by atoms with Gasteiger partial charge in [0.1, 0.15) is 0 Å². The number of sulfonamides is 1. The average molecular weight is 397 g/mol. The van der Waals surface area contributed by atoms with E-state index in [-0.39, 0.29) is 29.2 Å². The summed E-state index contributed by atoms with van der Waals surface area (Å²) in [4.78, 5) is 26.0. The molecule has 0 unspecified atom stereocenters. The van der Waals surface area contributed by atoms with Crippen LogP contribution in [0.5, 0.6) is 0 Å². The Labute approximate surface area is 160 Å². The van der Waals surface area contributed by atoms with Crippen molar-refractivity contribution in [3.05, 3.63) is 29.8 Å². The van der Waals surface area contributed by atoms with Gasteiger partial charge in [0, 0.05) is 13.1 Å². The number of rotatable bonds is 8. The Morgan fingerprint density at radius 3 is 2.63 bits per heavy atom. The highest BCUT2D eigenvalue weighted by Gasteiger charge is 2.27. The molecule has 27 heavy (non-hydrogen) atoms. The molecule has 1 aromatic carbocycles. The van der Waals surface area contributed by atoms with Crippen LogP contribution in [0.15, 0.2) is 29.2 Å². The molecule has 0 radical (unpaired) electrons. The molecule has 0 saturated carbocycles. The van der Waals surface area contributed by atoms with Crippen molar-refractivity contribution in [2.45, 2.75) is 31.1 Å². The molecule has 0 spiro atoms. The molecule has 0 aliphatic carbocycles. The molecule has 150 valence electrons. The van der Waals surface area contributed by atoms with Crippen LogP contribution in [-0.2, 0) is 30.8 Å². The Kier molecular flexibility index (Phi) is 7.76. The van der Waals surface area contributed by atoms with Crippen LogP contribution in [0.3, 0.4) is 0 Å². The highest BCUT2D eigenvalue weighted by molar-refractivity contribution is 7.89. The highest BCUT2D eigenvalue weighted by atomic mass is 32.2. The highest BCUT2D eigenvalue weighted by Crippen LogP contribution is 2.17. The summed E-state index contributed by atoms with van der Waals surface area (Å²) in [7, 11) is -3.69. The smallest absolute Gasteiger partial charge is 0.310 e. The number of benzene rings is 1. The third-order valence-electron chi connectivity index (χ3n) is 4.48. The lowest BCUT2D eigenvalue weighted by Crippen LogP contribution is -2.44. The van der Waals surface area contributed by atoms with Crippen molar-refractivity contribution < 1.29 is 22.7 Å². The zero-order valence-corrected chi connectivity index (χ0v) is 16.3. The number of piperidine rings is 1. The lowest BCUT2D eigenvalue weighted by molar-refractivity contribution is -0.150. The van der Waals surface area contributed by atoms with Crippen LogP contribution >= 0.6 is 0 Å². The third-order valence-corrected chi connectivity index (χ3v) is 5.41. The van der Waals surface area contributed by atoms with Crippen LogP contribution in [-0.4, -0.2) is 58.0 Å². The maximum atomic E-state index is 12.1. The molecule has 9 heteroatoms. The van der Waals surface area contributed by atoms with E-state index in [1.54, 1.807) is 19.1 Å². The molecule has 0 bridgehead atoms. The van der Waals surface area contributed by atoms with Crippen LogP contribution in [0.4, 0.5) is 0 Å². The number of likely N-dealkylation sites (tertiary alicyclic amines) is 1. The summed E-state index contributed by atoms with van der Waals surface area (Å²) >= 11 is 0. The molecule has 3 N–H and O–H groups in total. The summed E-state index contributed by atoms with van der Waals surface area (Å²) in [5.74, 6) is -0.449. The van der Waals surface area contributed by atoms with E-state index >= 15 is 0 Å². The number of hydrogen-bond acceptors (Lipinski definition) is 6. The van der Waals surface area contributed by atoms with Gasteiger partial charge in [-0.2, -0.15) is 0 Å². The number of hydrogen-bond donors (Lipinski definition) is 2. The third kappa shape index (κ3) is 6.93. The van der Waals surface area contributed by atoms with Gasteiger partial charge in [-0.1, -0.05) is 12.1 Å². The Morgan fingerprint density at radius 2 is 2.00 bits per heavy atom. The van der Waals surface area contributed by atoms with E-state index in [1.165, 1.54) is 12.1 Å². The number of nitrogens with one attached hydrogen (secondary N) is 1. The topological polar surface area (TPSA) is 119 Å². The van der Waals surface area contributed by atoms with Crippen LogP contribution in [0, 0.1) is 5.92 Å². The fraction of sp³-hybridized carbons (Fsp3) is 0.556. The monoisotopic (exact) mass is 397 g/mol. The second-order valence-electron chi connectivity index (χ2n) is 6.62. The van der Waals surface area contributed by atoms with Gasteiger partial charge in [0.2, 0.25) is 15.9 Å². The summed E-state index contributed by atoms with van der Waals surface area (Å²) in [6, 6.07) is 6.27. The SMILES string of the molecule is CCOC(=O)[C@H]1CCCN(CC(=O)NCCc2ccc(S(N)(=O)=O)cc2)C1. The van der Waals surface area contributed by atoms with Gasteiger partial charge in [0.15, 0.2) is 0 Å². The Morgan fingerprint density at radius 1 is 1.30 bits per heavy atom. The van der Waals surface area contributed by atoms with Crippen LogP contribution < -0.4 is 10.5 Å². The van der Waals surface area contributed by atoms with E-state index in [0.717, 1.165) is 24.9 Å². The predicted molar refractivity (Wildman–Crippen MR) is 100 cm³/mol. The lowest BCUT2D eigenvalue weighted by atomic mass is 9.98. The van der Waals surface area contributed by atoms with Crippen molar-refractivity contribution >= 4 is 21.9 Å². The zero-order chi connectivity index (χ0) is 19.9. The van der Waals surface area contributed by atoms with E-state index in [4.69, 9.17) is 9.88 Å². The number of carbonyl (C=O) groups is 2. The minimum absolute atomic E-state index is 0.0662. The maximum absolute atomic E-state index is 12.1. The molecule has 1 fully saturated rings. The van der Waals surface area contributed by atoms with E-state index < -0.39 is 10.0 Å². The van der Waals surface area contributed by atoms with Gasteiger partial charge >= 0.3 is 5.97 Å². The van der Waals surface area contributed by atoms with Gasteiger partial charge in [-0.25, -0.2) is 13.6 Å². The minimum Gasteiger partial charge on any atom is -0.466 e. The van der Waals surface area contributed by atoms with Crippen molar-refractivity contribution in [2.75, 3.05) is 32.8 Å². The van der Waals surface area contributed by atoms with Gasteiger partial charge in [-0.3, -0.25) is 14.5 Å². The summed E-state index contributed by atoms with van der Waals surface area (Å²) in [6.07, 6.45) is 2.25. The summed E-state index contributed by atoms with van der Waals surface area (Å²) in [6.45, 7) is 4.19. The lowest BCUT2D eigenvalue weighted by Gasteiger charge is -2.30. The van der Waals surface area contributed by atoms with Crippen LogP contribution in [0.25, 0.3) is 0 Å². The molecule has 2 rings (SSSR count). The fourth-order valence-electron chi connectivity index (χ4n) is 3.10. The zero-order valence-electron chi connectivity index (χ0n) is 15.5. The first-order valence-electron chi connectivity index (χ1n) is 9.07. The summed E-state index contributed by atoms with van der Waals surface area (Å²) < 4.78 is 27.5. The number of primary sulfonamides is 1. The molecule has 1 heterocycles. The molecule has 1 aliphatic rings. The maximum Gasteiger partial charge on any atom is 0.310 e. The van der Waals surface area contributed by atoms with E-state index in [1.807, 2.05) is 4.90 Å². The molecule has 1 amide bonds. The number of carbonyl (C=O) groups excluding carboxylic acids is 2. The minimum atomic E-state index is -3.69. The average Bonchev–Trinajstić information content (AvgIpc) is 2.62. The van der Waals surface area contributed by atoms with Crippen molar-refractivity contribution in [3.63, 3.8) is 0 Å². The van der Waals surface area contributed by atoms with Gasteiger partial charge in [-0.05, 0) is 50.4 Å². The first-order valence-corrected chi connectivity index (χ1v) is 10.6. The Bertz CT molecular complexity index is 749. The second-order valence-corrected chi connectivity index (χ2v) is 8.18. The van der Waals surface area contributed by atoms with E-state index in [0.29, 0.717) is 26.1 Å². The Hall–Kier alpha value is -1.97. The number of nitrogens with zero attached hydrogens (tertiary/aromatic N) is 1. The summed E-state index contributed by atoms with van der Waals surface area (Å²) in [5, 5.41) is 7.92. The quantitative estimate of drug-likeness (QED) is 0.608. The molecule has 8 nitrogen and oxygen atoms in total. The molecule has 0 aromatic heterocycles. The predicted octanol–water partition coefficient (Wildman–Crippen LogP) is 0.268. The number of ether oxygens (including phenoxy) is 1. The number of esters is 1. The number of nitrogens with two attached hydrogens (primary N) is 1. The van der Waals surface area contributed by atoms with Gasteiger partial charge < -0.3 is 10.1 Å². The first kappa shape index (κ1) is 21.3. The molecule has 1 aromatic rings. The molecule has 1 atom stereocenters. The van der Waals surface area contributed by atoms with Crippen molar-refractivity contribution in [1.82, 2.24) is 10.2 Å². The van der Waals surface area contributed by atoms with Crippen LogP contribution in [0.1, 0.15) is 25.3 Å². The Balaban J connectivity index is 1.73. The molecular formula is C18H27N3O5S. The van der Waals surface area contributed by atoms with Gasteiger partial charge in [0.05, 0.1) is 24.0 Å². The van der Waals surface area contributed by atoms with Crippen molar-refractivity contribution in [1.29, 1.82) is 0 Å². The normalized spacial score (nSPS) is 18.1. The van der Waals surface area contributed by atoms with E-state index in [2.05, 4.69) is 5.32 Å². The second kappa shape index (κ2) is 9.82. The standard InChI is InChI=1S/C18H27N3O5S/c1-2-26-18(23)15-4-3-11-21(12-15)13-17(22)20-10-9-14-5-7-16(8-6-14)27(19,24)25/h5-8,15H,2-4,9-13H2,1H3,(H,20,22)(H2,19,24,25)/t15-/m0/s1. The largest absolute Gasteiger partial charge is 0.466 e. The van der Waals surface area contributed by atoms with Gasteiger partial charge in [-0.15, -0.1) is 0 Å². The first-order chi connectivity index (χ1) is 12.8. The van der Waals surface area contributed by atoms with Gasteiger partial charge in [0.25, 0.3) is 0 Å². The van der Waals surface area contributed by atoms with E-state index in [9.17, 15) is 18.0 Å². The fourth-order valence-corrected chi connectivity index (χ4v) is 3.62. The van der Waals surface area contributed by atoms with Crippen molar-refractivity contribution in [2.24, 2.45) is 11.1 Å². The van der Waals surface area contributed by atoms with Crippen molar-refractivity contribution in [3.8, 4) is 0 Å². The van der Waals surface area contributed by atoms with Crippen LogP contribution in [0.2, 0.25) is 0 Å². The molecule has 1 saturated heterocycles. The summed E-state index contributed by atoms with van der Waals surface area (Å²) in [5.41, 5.74) is 0.906.